The van der Waals surface area contributed by atoms with E-state index in [1.165, 1.54) is 22.0 Å². The Bertz CT molecular complexity index is 1160. The fraction of sp³-hybridized carbons (Fsp3) is 0.409. The second kappa shape index (κ2) is 9.30. The number of carbonyl (C=O) groups excluding carboxylic acids is 1. The van der Waals surface area contributed by atoms with Crippen LogP contribution < -0.4 is 19.6 Å². The molecule has 0 spiro atoms. The van der Waals surface area contributed by atoms with Gasteiger partial charge in [-0.15, -0.1) is 0 Å². The summed E-state index contributed by atoms with van der Waals surface area (Å²) in [4.78, 5) is 31.0. The van der Waals surface area contributed by atoms with Crippen molar-refractivity contribution in [2.24, 2.45) is 4.99 Å². The molecule has 0 aliphatic carbocycles. The summed E-state index contributed by atoms with van der Waals surface area (Å²) in [5.74, 6) is -0.186. The number of aromatic nitrogens is 1. The average molecular weight is 431 g/mol. The summed E-state index contributed by atoms with van der Waals surface area (Å²) < 4.78 is 12.9. The molecule has 1 atom stereocenters. The van der Waals surface area contributed by atoms with Crippen LogP contribution in [-0.2, 0) is 9.53 Å². The van der Waals surface area contributed by atoms with Gasteiger partial charge in [0.05, 0.1) is 23.3 Å². The van der Waals surface area contributed by atoms with Crippen LogP contribution in [0.1, 0.15) is 52.1 Å². The van der Waals surface area contributed by atoms with Crippen molar-refractivity contribution in [3.05, 3.63) is 49.0 Å². The number of phenols is 1. The lowest BCUT2D eigenvalue weighted by Gasteiger charge is -2.22. The number of aromatic hydroxyl groups is 1. The maximum Gasteiger partial charge on any atom is 0.338 e. The van der Waals surface area contributed by atoms with Crippen LogP contribution in [-0.4, -0.2) is 28.9 Å². The topological polar surface area (TPSA) is 90.1 Å². The van der Waals surface area contributed by atoms with Gasteiger partial charge in [0.15, 0.2) is 16.3 Å². The molecule has 0 saturated carbocycles. The molecular weight excluding hydrogens is 404 g/mol. The van der Waals surface area contributed by atoms with E-state index in [-0.39, 0.29) is 17.9 Å². The summed E-state index contributed by atoms with van der Waals surface area (Å²) in [7, 11) is 0. The fourth-order valence-corrected chi connectivity index (χ4v) is 4.39. The van der Waals surface area contributed by atoms with E-state index >= 15 is 0 Å². The zero-order valence-electron chi connectivity index (χ0n) is 17.6. The van der Waals surface area contributed by atoms with Crippen LogP contribution in [0.3, 0.4) is 0 Å². The Kier molecular flexibility index (Phi) is 6.77. The Morgan fingerprint density at radius 3 is 2.73 bits per heavy atom. The quantitative estimate of drug-likeness (QED) is 0.682. The first-order valence-electron chi connectivity index (χ1n) is 10.1. The smallest absolute Gasteiger partial charge is 0.338 e. The van der Waals surface area contributed by atoms with Crippen molar-refractivity contribution in [3.63, 3.8) is 0 Å². The molecule has 30 heavy (non-hydrogen) atoms. The van der Waals surface area contributed by atoms with Crippen LogP contribution in [0.5, 0.6) is 11.5 Å². The van der Waals surface area contributed by atoms with E-state index in [1.54, 1.807) is 26.0 Å². The lowest BCUT2D eigenvalue weighted by atomic mass is 9.96. The van der Waals surface area contributed by atoms with Gasteiger partial charge in [-0.3, -0.25) is 9.36 Å². The van der Waals surface area contributed by atoms with Crippen LogP contribution in [0.25, 0.3) is 11.8 Å². The largest absolute Gasteiger partial charge is 0.504 e. The number of ether oxygens (including phenoxy) is 2. The predicted octanol–water partition coefficient (Wildman–Crippen LogP) is 2.76. The molecule has 1 aromatic carbocycles. The maximum absolute atomic E-state index is 12.9. The zero-order valence-corrected chi connectivity index (χ0v) is 18.4. The standard InChI is InChI=1S/C22H26N2O5S/c1-5-8-9-17-20(26)24-13(4)18(21(27)29-7-3)19(23-22(24)30-17)14-10-11-15(25)16(12-14)28-6-2/h9-12,19,25H,5-8H2,1-4H3/b17-9-/t19-/m0/s1. The summed E-state index contributed by atoms with van der Waals surface area (Å²) in [6, 6.07) is 4.22. The normalized spacial score (nSPS) is 16.3. The van der Waals surface area contributed by atoms with Gasteiger partial charge in [-0.05, 0) is 44.9 Å². The number of phenolic OH excluding ortho intramolecular Hbond substituents is 1. The van der Waals surface area contributed by atoms with Crippen molar-refractivity contribution in [2.75, 3.05) is 13.2 Å². The second-order valence-corrected chi connectivity index (χ2v) is 7.80. The van der Waals surface area contributed by atoms with Gasteiger partial charge in [-0.1, -0.05) is 36.8 Å². The molecule has 1 N–H and O–H groups in total. The van der Waals surface area contributed by atoms with E-state index in [0.29, 0.717) is 38.5 Å². The van der Waals surface area contributed by atoms with Crippen molar-refractivity contribution in [1.29, 1.82) is 0 Å². The minimum Gasteiger partial charge on any atom is -0.504 e. The Morgan fingerprint density at radius 1 is 1.30 bits per heavy atom. The number of esters is 1. The van der Waals surface area contributed by atoms with E-state index in [2.05, 4.69) is 0 Å². The Balaban J connectivity index is 2.25. The van der Waals surface area contributed by atoms with E-state index in [0.717, 1.165) is 12.8 Å². The van der Waals surface area contributed by atoms with Gasteiger partial charge >= 0.3 is 5.97 Å². The number of nitrogens with zero attached hydrogens (tertiary/aromatic N) is 2. The molecule has 1 aromatic heterocycles. The minimum absolute atomic E-state index is 0.0132. The molecule has 0 bridgehead atoms. The molecule has 1 aliphatic heterocycles. The number of fused-ring (bicyclic) bond motifs is 1. The number of rotatable bonds is 7. The molecule has 0 amide bonds. The van der Waals surface area contributed by atoms with Crippen LogP contribution in [0, 0.1) is 0 Å². The number of hydrogen-bond acceptors (Lipinski definition) is 7. The third kappa shape index (κ3) is 4.05. The number of carbonyl (C=O) groups is 1. The first-order valence-corrected chi connectivity index (χ1v) is 10.9. The monoisotopic (exact) mass is 430 g/mol. The second-order valence-electron chi connectivity index (χ2n) is 6.79. The number of allylic oxidation sites excluding steroid dienone is 1. The van der Waals surface area contributed by atoms with Gasteiger partial charge in [0.2, 0.25) is 0 Å². The summed E-state index contributed by atoms with van der Waals surface area (Å²) >= 11 is 1.31. The van der Waals surface area contributed by atoms with Crippen LogP contribution in [0.2, 0.25) is 0 Å². The molecule has 160 valence electrons. The van der Waals surface area contributed by atoms with Gasteiger partial charge in [0.1, 0.15) is 6.04 Å². The highest BCUT2D eigenvalue weighted by Gasteiger charge is 2.31. The lowest BCUT2D eigenvalue weighted by Crippen LogP contribution is -2.35. The van der Waals surface area contributed by atoms with E-state index in [9.17, 15) is 14.7 Å². The molecule has 0 saturated heterocycles. The summed E-state index contributed by atoms with van der Waals surface area (Å²) in [5, 5.41) is 10.0. The molecule has 8 heteroatoms. The minimum atomic E-state index is -0.666. The van der Waals surface area contributed by atoms with Gasteiger partial charge in [-0.2, -0.15) is 0 Å². The summed E-state index contributed by atoms with van der Waals surface area (Å²) in [6.45, 7) is 7.94. The Morgan fingerprint density at radius 2 is 2.07 bits per heavy atom. The van der Waals surface area contributed by atoms with Crippen molar-refractivity contribution in [1.82, 2.24) is 4.57 Å². The number of thiazole rings is 1. The maximum atomic E-state index is 12.9. The molecule has 3 rings (SSSR count). The van der Waals surface area contributed by atoms with Crippen LogP contribution in [0.15, 0.2) is 33.6 Å². The van der Waals surface area contributed by atoms with Gasteiger partial charge in [-0.25, -0.2) is 9.79 Å². The van der Waals surface area contributed by atoms with Gasteiger partial charge in [0.25, 0.3) is 5.56 Å². The van der Waals surface area contributed by atoms with Crippen molar-refractivity contribution < 1.29 is 19.4 Å². The van der Waals surface area contributed by atoms with E-state index < -0.39 is 12.0 Å². The molecule has 2 heterocycles. The van der Waals surface area contributed by atoms with Crippen molar-refractivity contribution in [2.45, 2.75) is 46.6 Å². The highest BCUT2D eigenvalue weighted by molar-refractivity contribution is 7.07. The lowest BCUT2D eigenvalue weighted by molar-refractivity contribution is -0.138. The third-order valence-electron chi connectivity index (χ3n) is 4.76. The number of unbranched alkanes of at least 4 members (excludes halogenated alkanes) is 1. The zero-order chi connectivity index (χ0) is 21.8. The fourth-order valence-electron chi connectivity index (χ4n) is 3.34. The highest BCUT2D eigenvalue weighted by atomic mass is 32.1. The SMILES string of the molecule is CCC/C=c1\sc2n(c1=O)C(C)=C(C(=O)OCC)[C@H](c1ccc(O)c(OCC)c1)N=2. The van der Waals surface area contributed by atoms with Crippen LogP contribution >= 0.6 is 11.3 Å². The molecule has 0 unspecified atom stereocenters. The number of benzene rings is 1. The molecule has 1 aliphatic rings. The average Bonchev–Trinajstić information content (AvgIpc) is 3.04. The van der Waals surface area contributed by atoms with Gasteiger partial charge in [0, 0.05) is 5.70 Å². The first-order chi connectivity index (χ1) is 14.4. The number of hydrogen-bond donors (Lipinski definition) is 1. The highest BCUT2D eigenvalue weighted by Crippen LogP contribution is 2.36. The molecule has 7 nitrogen and oxygen atoms in total. The van der Waals surface area contributed by atoms with E-state index in [4.69, 9.17) is 14.5 Å². The van der Waals surface area contributed by atoms with Gasteiger partial charge < -0.3 is 14.6 Å². The summed E-state index contributed by atoms with van der Waals surface area (Å²) in [6.07, 6.45) is 3.64. The summed E-state index contributed by atoms with van der Waals surface area (Å²) in [5.41, 5.74) is 1.31. The third-order valence-corrected chi connectivity index (χ3v) is 5.79. The van der Waals surface area contributed by atoms with Crippen molar-refractivity contribution >= 4 is 29.1 Å². The van der Waals surface area contributed by atoms with Crippen molar-refractivity contribution in [3.8, 4) is 11.5 Å². The molecule has 2 aromatic rings. The Labute approximate surface area is 178 Å². The van der Waals surface area contributed by atoms with Crippen LogP contribution in [0.4, 0.5) is 0 Å². The van der Waals surface area contributed by atoms with E-state index in [1.807, 2.05) is 19.9 Å². The predicted molar refractivity (Wildman–Crippen MR) is 116 cm³/mol. The molecule has 0 radical (unpaired) electrons. The molecule has 0 fully saturated rings. The first kappa shape index (κ1) is 21.8. The Hall–Kier alpha value is -2.87. The molecular formula is C22H26N2O5S.